The molecule has 0 aliphatic heterocycles. The van der Waals surface area contributed by atoms with Gasteiger partial charge in [-0.3, -0.25) is 9.78 Å². The minimum atomic E-state index is -3.13. The molecule has 0 bridgehead atoms. The second-order valence-electron chi connectivity index (χ2n) is 7.18. The fourth-order valence-corrected chi connectivity index (χ4v) is 4.78. The highest BCUT2D eigenvalue weighted by Gasteiger charge is 2.35. The molecule has 1 heterocycles. The van der Waals surface area contributed by atoms with Crippen LogP contribution in [0.3, 0.4) is 0 Å². The maximum absolute atomic E-state index is 13.3. The van der Waals surface area contributed by atoms with E-state index in [1.54, 1.807) is 42.6 Å². The molecular weight excluding hydrogens is 454 g/mol. The van der Waals surface area contributed by atoms with E-state index in [1.165, 1.54) is 0 Å². The molecule has 30 heavy (non-hydrogen) atoms. The largest absolute Gasteiger partial charge is 0.386 e. The molecule has 2 N–H and O–H groups in total. The number of sulfone groups is 1. The molecule has 1 fully saturated rings. The van der Waals surface area contributed by atoms with Crippen LogP contribution in [-0.4, -0.2) is 47.2 Å². The summed E-state index contributed by atoms with van der Waals surface area (Å²) < 4.78 is 37.4. The monoisotopic (exact) mass is 474 g/mol. The zero-order valence-electron chi connectivity index (χ0n) is 15.8. The average Bonchev–Trinajstić information content (AvgIpc) is 3.58. The van der Waals surface area contributed by atoms with Gasteiger partial charge in [-0.05, 0) is 30.0 Å². The number of aliphatic hydroxyl groups excluding tert-OH is 1. The SMILES string of the molecule is O=C(NC(CF)C(O)c1ccc(-c2ccc(CS(=O)(=O)C3CC3)nc2)cc1)C(Cl)Cl. The Morgan fingerprint density at radius 1 is 1.17 bits per heavy atom. The Kier molecular flexibility index (Phi) is 7.34. The van der Waals surface area contributed by atoms with Gasteiger partial charge in [-0.1, -0.05) is 53.5 Å². The molecule has 3 rings (SSSR count). The van der Waals surface area contributed by atoms with Crippen molar-refractivity contribution < 1.29 is 22.7 Å². The first-order valence-electron chi connectivity index (χ1n) is 9.30. The van der Waals surface area contributed by atoms with Crippen molar-refractivity contribution in [1.82, 2.24) is 10.3 Å². The number of nitrogens with one attached hydrogen (secondary N) is 1. The lowest BCUT2D eigenvalue weighted by Gasteiger charge is -2.22. The van der Waals surface area contributed by atoms with Crippen molar-refractivity contribution in [2.75, 3.05) is 6.67 Å². The predicted molar refractivity (Wildman–Crippen MR) is 114 cm³/mol. The van der Waals surface area contributed by atoms with Crippen LogP contribution in [0.5, 0.6) is 0 Å². The van der Waals surface area contributed by atoms with Gasteiger partial charge in [0.2, 0.25) is 0 Å². The Balaban J connectivity index is 1.68. The van der Waals surface area contributed by atoms with Gasteiger partial charge in [0.25, 0.3) is 5.91 Å². The zero-order valence-corrected chi connectivity index (χ0v) is 18.2. The van der Waals surface area contributed by atoms with Crippen LogP contribution in [0.2, 0.25) is 0 Å². The number of amides is 1. The van der Waals surface area contributed by atoms with Crippen LogP contribution in [0.25, 0.3) is 11.1 Å². The minimum absolute atomic E-state index is 0.0646. The van der Waals surface area contributed by atoms with Crippen molar-refractivity contribution in [3.8, 4) is 11.1 Å². The Labute approximate surface area is 184 Å². The fourth-order valence-electron chi connectivity index (χ4n) is 2.98. The van der Waals surface area contributed by atoms with E-state index in [0.717, 1.165) is 24.0 Å². The van der Waals surface area contributed by atoms with Gasteiger partial charge >= 0.3 is 0 Å². The molecule has 1 amide bonds. The van der Waals surface area contributed by atoms with Gasteiger partial charge in [-0.2, -0.15) is 0 Å². The van der Waals surface area contributed by atoms with Crippen molar-refractivity contribution in [3.05, 3.63) is 53.9 Å². The van der Waals surface area contributed by atoms with Crippen molar-refractivity contribution in [3.63, 3.8) is 0 Å². The highest BCUT2D eigenvalue weighted by molar-refractivity contribution is 7.91. The molecule has 1 aliphatic carbocycles. The summed E-state index contributed by atoms with van der Waals surface area (Å²) in [7, 11) is -3.13. The first kappa shape index (κ1) is 22.9. The Morgan fingerprint density at radius 3 is 2.30 bits per heavy atom. The summed E-state index contributed by atoms with van der Waals surface area (Å²) in [5, 5.41) is 12.4. The fraction of sp³-hybridized carbons (Fsp3) is 0.400. The first-order valence-corrected chi connectivity index (χ1v) is 11.9. The van der Waals surface area contributed by atoms with E-state index >= 15 is 0 Å². The second kappa shape index (κ2) is 9.60. The standard InChI is InChI=1S/C20H21Cl2FN2O4S/c21-19(22)20(27)25-17(9-23)18(26)13-3-1-12(2-4-13)14-5-6-15(24-10-14)11-30(28,29)16-7-8-16/h1-6,10,16-19,26H,7-9,11H2,(H,25,27). The van der Waals surface area contributed by atoms with Crippen LogP contribution in [0.1, 0.15) is 30.2 Å². The predicted octanol–water partition coefficient (Wildman–Crippen LogP) is 3.12. The van der Waals surface area contributed by atoms with E-state index in [-0.39, 0.29) is 11.0 Å². The molecule has 2 aromatic rings. The lowest BCUT2D eigenvalue weighted by atomic mass is 9.99. The van der Waals surface area contributed by atoms with Crippen LogP contribution in [0.4, 0.5) is 4.39 Å². The van der Waals surface area contributed by atoms with Gasteiger partial charge in [-0.25, -0.2) is 12.8 Å². The molecule has 10 heteroatoms. The Bertz CT molecular complexity index is 981. The number of carbonyl (C=O) groups excluding carboxylic acids is 1. The molecule has 1 saturated carbocycles. The molecule has 0 radical (unpaired) electrons. The number of nitrogens with zero attached hydrogens (tertiary/aromatic N) is 1. The summed E-state index contributed by atoms with van der Waals surface area (Å²) in [5.74, 6) is -0.850. The van der Waals surface area contributed by atoms with E-state index < -0.39 is 39.4 Å². The van der Waals surface area contributed by atoms with Gasteiger partial charge in [0.15, 0.2) is 14.7 Å². The van der Waals surface area contributed by atoms with E-state index in [9.17, 15) is 22.7 Å². The number of benzene rings is 1. The van der Waals surface area contributed by atoms with Crippen molar-refractivity contribution in [1.29, 1.82) is 0 Å². The number of hydrogen-bond acceptors (Lipinski definition) is 5. The van der Waals surface area contributed by atoms with Crippen molar-refractivity contribution >= 4 is 38.9 Å². The summed E-state index contributed by atoms with van der Waals surface area (Å²) in [4.78, 5) is 14.4. The summed E-state index contributed by atoms with van der Waals surface area (Å²) in [6, 6.07) is 8.94. The topological polar surface area (TPSA) is 96.4 Å². The second-order valence-corrected chi connectivity index (χ2v) is 10.6. The third kappa shape index (κ3) is 5.69. The van der Waals surface area contributed by atoms with Gasteiger partial charge in [0, 0.05) is 11.8 Å². The molecule has 1 aromatic carbocycles. The van der Waals surface area contributed by atoms with Crippen LogP contribution in [0.15, 0.2) is 42.6 Å². The quantitative estimate of drug-likeness (QED) is 0.544. The molecule has 6 nitrogen and oxygen atoms in total. The van der Waals surface area contributed by atoms with Gasteiger partial charge < -0.3 is 10.4 Å². The maximum Gasteiger partial charge on any atom is 0.253 e. The van der Waals surface area contributed by atoms with Crippen LogP contribution in [0, 0.1) is 0 Å². The van der Waals surface area contributed by atoms with E-state index in [4.69, 9.17) is 23.2 Å². The average molecular weight is 475 g/mol. The van der Waals surface area contributed by atoms with Crippen LogP contribution in [-0.2, 0) is 20.4 Å². The van der Waals surface area contributed by atoms with Gasteiger partial charge in [0.1, 0.15) is 12.8 Å². The molecule has 2 unspecified atom stereocenters. The Hall–Kier alpha value is -1.74. The van der Waals surface area contributed by atoms with Crippen molar-refractivity contribution in [2.24, 2.45) is 0 Å². The normalized spacial score (nSPS) is 16.3. The number of halogens is 3. The molecular formula is C20H21Cl2FN2O4S. The number of aromatic nitrogens is 1. The highest BCUT2D eigenvalue weighted by atomic mass is 35.5. The van der Waals surface area contributed by atoms with E-state index in [1.807, 2.05) is 0 Å². The smallest absolute Gasteiger partial charge is 0.253 e. The summed E-state index contributed by atoms with van der Waals surface area (Å²) >= 11 is 10.9. The molecule has 162 valence electrons. The maximum atomic E-state index is 13.3. The van der Waals surface area contributed by atoms with E-state index in [2.05, 4.69) is 10.3 Å². The number of rotatable bonds is 9. The third-order valence-corrected chi connectivity index (χ3v) is 7.45. The highest BCUT2D eigenvalue weighted by Crippen LogP contribution is 2.31. The number of pyridine rings is 1. The number of aliphatic hydroxyl groups is 1. The number of carbonyl (C=O) groups is 1. The third-order valence-electron chi connectivity index (χ3n) is 4.86. The zero-order chi connectivity index (χ0) is 21.9. The van der Waals surface area contributed by atoms with Gasteiger partial charge in [0.05, 0.1) is 22.7 Å². The van der Waals surface area contributed by atoms with E-state index in [0.29, 0.717) is 11.3 Å². The van der Waals surface area contributed by atoms with Crippen molar-refractivity contribution in [2.45, 2.75) is 40.8 Å². The summed E-state index contributed by atoms with van der Waals surface area (Å²) in [6.07, 6.45) is 1.76. The number of alkyl halides is 3. The lowest BCUT2D eigenvalue weighted by Crippen LogP contribution is -2.43. The molecule has 2 atom stereocenters. The summed E-state index contributed by atoms with van der Waals surface area (Å²) in [5.41, 5.74) is 2.46. The minimum Gasteiger partial charge on any atom is -0.386 e. The molecule has 0 spiro atoms. The van der Waals surface area contributed by atoms with Crippen LogP contribution >= 0.6 is 23.2 Å². The first-order chi connectivity index (χ1) is 14.2. The lowest BCUT2D eigenvalue weighted by molar-refractivity contribution is -0.121. The number of hydrogen-bond donors (Lipinski definition) is 2. The van der Waals surface area contributed by atoms with Crippen LogP contribution < -0.4 is 5.32 Å². The summed E-state index contributed by atoms with van der Waals surface area (Å²) in [6.45, 7) is -0.996. The molecule has 1 aromatic heterocycles. The van der Waals surface area contributed by atoms with Gasteiger partial charge in [-0.15, -0.1) is 0 Å². The Morgan fingerprint density at radius 2 is 1.80 bits per heavy atom. The molecule has 0 saturated heterocycles. The molecule has 1 aliphatic rings.